The molecule has 1 unspecified atom stereocenters. The van der Waals surface area contributed by atoms with Crippen molar-refractivity contribution < 1.29 is 45.3 Å². The quantitative estimate of drug-likeness (QED) is 0.284. The van der Waals surface area contributed by atoms with Crippen LogP contribution in [0.5, 0.6) is 34.5 Å². The highest BCUT2D eigenvalue weighted by molar-refractivity contribution is 6.07. The van der Waals surface area contributed by atoms with Crippen molar-refractivity contribution in [3.05, 3.63) is 35.4 Å². The van der Waals surface area contributed by atoms with Gasteiger partial charge in [-0.05, 0) is 12.1 Å². The largest absolute Gasteiger partial charge is 0.508 e. The summed E-state index contributed by atoms with van der Waals surface area (Å²) >= 11 is 0. The first-order chi connectivity index (χ1) is 11.1. The number of aromatic hydroxyl groups is 5. The molecule has 1 aliphatic heterocycles. The number of Topliss-reactive ketones (excluding diaryl/α,β-unsaturated/α-hetero) is 1. The van der Waals surface area contributed by atoms with Crippen LogP contribution in [-0.2, 0) is 0 Å². The van der Waals surface area contributed by atoms with E-state index in [0.29, 0.717) is 0 Å². The van der Waals surface area contributed by atoms with Gasteiger partial charge < -0.3 is 40.5 Å². The summed E-state index contributed by atoms with van der Waals surface area (Å²) in [4.78, 5) is 12.3. The lowest BCUT2D eigenvalue weighted by atomic mass is 9.89. The van der Waals surface area contributed by atoms with Crippen LogP contribution in [0, 0.1) is 0 Å². The van der Waals surface area contributed by atoms with E-state index < -0.39 is 52.0 Å². The van der Waals surface area contributed by atoms with Gasteiger partial charge in [0.1, 0.15) is 22.8 Å². The van der Waals surface area contributed by atoms with E-state index in [0.717, 1.165) is 24.3 Å². The molecule has 0 aliphatic carbocycles. The summed E-state index contributed by atoms with van der Waals surface area (Å²) in [5.41, 5.74) is -0.782. The zero-order valence-corrected chi connectivity index (χ0v) is 11.8. The average Bonchev–Trinajstić information content (AvgIpc) is 2.47. The number of carbonyl (C=O) groups is 1. The SMILES string of the molecule is O=C1c2c(O)cc(O)cc2OC(c2cc(O)c(O)c(O)c2)C1(O)O. The van der Waals surface area contributed by atoms with Gasteiger partial charge in [-0.1, -0.05) is 0 Å². The minimum absolute atomic E-state index is 0.241. The number of phenols is 5. The number of phenolic OH excluding ortho intramolecular Hbond substituents is 5. The maximum atomic E-state index is 12.3. The number of aliphatic hydroxyl groups is 2. The van der Waals surface area contributed by atoms with Crippen molar-refractivity contribution >= 4 is 5.78 Å². The van der Waals surface area contributed by atoms with Gasteiger partial charge in [0.05, 0.1) is 0 Å². The molecule has 0 saturated heterocycles. The Labute approximate surface area is 133 Å². The van der Waals surface area contributed by atoms with Crippen molar-refractivity contribution in [2.75, 3.05) is 0 Å². The van der Waals surface area contributed by atoms with E-state index in [1.165, 1.54) is 0 Å². The number of hydrogen-bond acceptors (Lipinski definition) is 9. The van der Waals surface area contributed by atoms with Crippen LogP contribution in [0.15, 0.2) is 24.3 Å². The van der Waals surface area contributed by atoms with Gasteiger partial charge in [0.25, 0.3) is 5.79 Å². The lowest BCUT2D eigenvalue weighted by Gasteiger charge is -2.35. The molecule has 0 spiro atoms. The first kappa shape index (κ1) is 15.7. The Balaban J connectivity index is 2.18. The predicted molar refractivity (Wildman–Crippen MR) is 76.1 cm³/mol. The van der Waals surface area contributed by atoms with Gasteiger partial charge in [-0.25, -0.2) is 0 Å². The molecule has 24 heavy (non-hydrogen) atoms. The lowest BCUT2D eigenvalue weighted by Crippen LogP contribution is -2.49. The van der Waals surface area contributed by atoms with Crippen LogP contribution in [0.3, 0.4) is 0 Å². The third-order valence-corrected chi connectivity index (χ3v) is 3.63. The van der Waals surface area contributed by atoms with Gasteiger partial charge in [0.2, 0.25) is 5.78 Å². The Morgan fingerprint density at radius 3 is 2.04 bits per heavy atom. The Kier molecular flexibility index (Phi) is 3.22. The summed E-state index contributed by atoms with van der Waals surface area (Å²) in [6.45, 7) is 0. The number of fused-ring (bicyclic) bond motifs is 1. The molecule has 1 atom stereocenters. The summed E-state index contributed by atoms with van der Waals surface area (Å²) in [6.07, 6.45) is -1.81. The number of carbonyl (C=O) groups excluding carboxylic acids is 1. The molecule has 0 fully saturated rings. The van der Waals surface area contributed by atoms with Crippen molar-refractivity contribution in [1.29, 1.82) is 0 Å². The highest BCUT2D eigenvalue weighted by Gasteiger charge is 2.51. The molecule has 3 rings (SSSR count). The van der Waals surface area contributed by atoms with Crippen LogP contribution in [0.2, 0.25) is 0 Å². The zero-order valence-electron chi connectivity index (χ0n) is 11.8. The smallest absolute Gasteiger partial charge is 0.271 e. The fourth-order valence-electron chi connectivity index (χ4n) is 2.50. The summed E-state index contributed by atoms with van der Waals surface area (Å²) < 4.78 is 5.27. The molecule has 0 aromatic heterocycles. The normalized spacial score (nSPS) is 18.8. The molecule has 1 heterocycles. The van der Waals surface area contributed by atoms with Crippen molar-refractivity contribution in [3.63, 3.8) is 0 Å². The third-order valence-electron chi connectivity index (χ3n) is 3.63. The van der Waals surface area contributed by atoms with Gasteiger partial charge in [-0.2, -0.15) is 0 Å². The van der Waals surface area contributed by atoms with Gasteiger partial charge >= 0.3 is 0 Å². The lowest BCUT2D eigenvalue weighted by molar-refractivity contribution is -0.186. The van der Waals surface area contributed by atoms with Gasteiger partial charge in [-0.15, -0.1) is 0 Å². The minimum atomic E-state index is -3.14. The molecule has 9 heteroatoms. The molecule has 126 valence electrons. The van der Waals surface area contributed by atoms with Gasteiger partial charge in [0, 0.05) is 17.7 Å². The molecular weight excluding hydrogens is 324 g/mol. The van der Waals surface area contributed by atoms with Crippen molar-refractivity contribution in [3.8, 4) is 34.5 Å². The Bertz CT molecular complexity index is 833. The number of hydrogen-bond donors (Lipinski definition) is 7. The summed E-state index contributed by atoms with van der Waals surface area (Å²) in [7, 11) is 0. The van der Waals surface area contributed by atoms with E-state index in [-0.39, 0.29) is 11.3 Å². The second-order valence-electron chi connectivity index (χ2n) is 5.30. The average molecular weight is 336 g/mol. The molecule has 0 bridgehead atoms. The topological polar surface area (TPSA) is 168 Å². The number of ether oxygens (including phenoxy) is 1. The highest BCUT2D eigenvalue weighted by Crippen LogP contribution is 2.47. The molecule has 1 aliphatic rings. The minimum Gasteiger partial charge on any atom is -0.508 e. The first-order valence-electron chi connectivity index (χ1n) is 6.60. The second kappa shape index (κ2) is 4.91. The predicted octanol–water partition coefficient (Wildman–Crippen LogP) is 0.212. The summed E-state index contributed by atoms with van der Waals surface area (Å²) in [5.74, 6) is -8.31. The summed E-state index contributed by atoms with van der Waals surface area (Å²) in [5, 5.41) is 67.9. The van der Waals surface area contributed by atoms with Crippen LogP contribution < -0.4 is 4.74 Å². The molecule has 2 aromatic carbocycles. The van der Waals surface area contributed by atoms with Crippen molar-refractivity contribution in [2.24, 2.45) is 0 Å². The highest BCUT2D eigenvalue weighted by atomic mass is 16.6. The van der Waals surface area contributed by atoms with Crippen LogP contribution in [0.25, 0.3) is 0 Å². The Hall–Kier alpha value is -3.17. The van der Waals surface area contributed by atoms with E-state index in [2.05, 4.69) is 0 Å². The van der Waals surface area contributed by atoms with E-state index in [4.69, 9.17) is 4.74 Å². The Morgan fingerprint density at radius 2 is 1.46 bits per heavy atom. The standard InChI is InChI=1S/C15H12O9/c16-6-3-7(17)11-10(4-6)24-14(15(22,23)13(11)21)5-1-8(18)12(20)9(19)2-5/h1-4,14,16-20,22-23H. The van der Waals surface area contributed by atoms with Crippen LogP contribution >= 0.6 is 0 Å². The van der Waals surface area contributed by atoms with E-state index in [1.807, 2.05) is 0 Å². The van der Waals surface area contributed by atoms with Crippen molar-refractivity contribution in [1.82, 2.24) is 0 Å². The molecule has 7 N–H and O–H groups in total. The van der Waals surface area contributed by atoms with Crippen molar-refractivity contribution in [2.45, 2.75) is 11.9 Å². The molecule has 0 saturated carbocycles. The maximum absolute atomic E-state index is 12.3. The van der Waals surface area contributed by atoms with Gasteiger partial charge in [0.15, 0.2) is 23.4 Å². The van der Waals surface area contributed by atoms with Gasteiger partial charge in [-0.3, -0.25) is 4.79 Å². The molecule has 2 aromatic rings. The Morgan fingerprint density at radius 1 is 0.875 bits per heavy atom. The zero-order chi connectivity index (χ0) is 17.8. The third kappa shape index (κ3) is 2.14. The fraction of sp³-hybridized carbons (Fsp3) is 0.133. The number of rotatable bonds is 1. The second-order valence-corrected chi connectivity index (χ2v) is 5.30. The summed E-state index contributed by atoms with van der Waals surface area (Å²) in [6, 6.07) is 3.54. The van der Waals surface area contributed by atoms with E-state index >= 15 is 0 Å². The van der Waals surface area contributed by atoms with Crippen LogP contribution in [-0.4, -0.2) is 47.3 Å². The van der Waals surface area contributed by atoms with Crippen LogP contribution in [0.1, 0.15) is 22.0 Å². The number of ketones is 1. The fourth-order valence-corrected chi connectivity index (χ4v) is 2.50. The first-order valence-corrected chi connectivity index (χ1v) is 6.60. The number of benzene rings is 2. The maximum Gasteiger partial charge on any atom is 0.271 e. The van der Waals surface area contributed by atoms with E-state index in [9.17, 15) is 40.5 Å². The molecule has 0 radical (unpaired) electrons. The molecule has 0 amide bonds. The monoisotopic (exact) mass is 336 g/mol. The molecular formula is C15H12O9. The van der Waals surface area contributed by atoms with E-state index in [1.54, 1.807) is 0 Å². The van der Waals surface area contributed by atoms with Crippen LogP contribution in [0.4, 0.5) is 0 Å². The molecule has 9 nitrogen and oxygen atoms in total.